The van der Waals surface area contributed by atoms with Gasteiger partial charge in [0.2, 0.25) is 0 Å². The van der Waals surface area contributed by atoms with Crippen LogP contribution < -0.4 is 0 Å². The van der Waals surface area contributed by atoms with Crippen LogP contribution in [0.2, 0.25) is 0 Å². The van der Waals surface area contributed by atoms with Gasteiger partial charge in [-0.3, -0.25) is 9.69 Å². The summed E-state index contributed by atoms with van der Waals surface area (Å²) in [6.07, 6.45) is -2.57. The minimum Gasteiger partial charge on any atom is -0.507 e. The number of piperidine rings is 1. The molecule has 1 aromatic heterocycles. The Bertz CT molecular complexity index is 918. The van der Waals surface area contributed by atoms with E-state index in [4.69, 9.17) is 0 Å². The number of aliphatic carboxylic acids is 1. The average molecular weight is 409 g/mol. The van der Waals surface area contributed by atoms with Gasteiger partial charge in [-0.1, -0.05) is 0 Å². The Hall–Kier alpha value is -2.68. The van der Waals surface area contributed by atoms with Crippen LogP contribution in [-0.4, -0.2) is 50.9 Å². The number of carboxylic acid groups (broad SMARTS) is 1. The van der Waals surface area contributed by atoms with Crippen LogP contribution in [0.1, 0.15) is 29.7 Å². The van der Waals surface area contributed by atoms with Gasteiger partial charge in [0.25, 0.3) is 0 Å². The van der Waals surface area contributed by atoms with Crippen molar-refractivity contribution >= 4 is 5.97 Å². The number of hydrogen-bond acceptors (Lipinski definition) is 5. The normalized spacial score (nSPS) is 20.6. The van der Waals surface area contributed by atoms with Crippen LogP contribution in [0.5, 0.6) is 5.75 Å². The molecule has 1 fully saturated rings. The van der Waals surface area contributed by atoms with Crippen molar-refractivity contribution in [2.45, 2.75) is 38.4 Å². The third kappa shape index (κ3) is 4.67. The van der Waals surface area contributed by atoms with Gasteiger partial charge in [-0.15, -0.1) is 5.10 Å². The lowest BCUT2D eigenvalue weighted by molar-refractivity contribution is -0.144. The summed E-state index contributed by atoms with van der Waals surface area (Å²) in [7, 11) is 1.79. The first-order chi connectivity index (χ1) is 13.6. The molecule has 1 aliphatic heterocycles. The molecule has 2 atom stereocenters. The lowest BCUT2D eigenvalue weighted by Gasteiger charge is -2.34. The van der Waals surface area contributed by atoms with E-state index in [-0.39, 0.29) is 11.5 Å². The van der Waals surface area contributed by atoms with Crippen molar-refractivity contribution in [2.75, 3.05) is 13.6 Å². The number of aryl methyl sites for hydroxylation is 1. The molecule has 1 aromatic carbocycles. The van der Waals surface area contributed by atoms with Crippen molar-refractivity contribution < 1.29 is 28.2 Å². The smallest absolute Gasteiger partial charge is 0.416 e. The van der Waals surface area contributed by atoms with E-state index < -0.39 is 29.5 Å². The highest BCUT2D eigenvalue weighted by molar-refractivity contribution is 5.73. The molecule has 2 aromatic rings. The number of nitrogens with zero attached hydrogens (tertiary/aromatic N) is 3. The number of carboxylic acids is 1. The highest BCUT2D eigenvalue weighted by atomic mass is 19.4. The average Bonchev–Trinajstić information content (AvgIpc) is 2.61. The third-order valence-electron chi connectivity index (χ3n) is 5.32. The van der Waals surface area contributed by atoms with Crippen LogP contribution in [0.3, 0.4) is 0 Å². The van der Waals surface area contributed by atoms with Crippen LogP contribution in [0.4, 0.5) is 13.2 Å². The lowest BCUT2D eigenvalue weighted by Crippen LogP contribution is -2.45. The number of aromatic hydroxyl groups is 1. The van der Waals surface area contributed by atoms with Crippen LogP contribution in [0.15, 0.2) is 24.3 Å². The maximum atomic E-state index is 12.8. The SMILES string of the molecule is Cc1cc(CC2CCC(C(=O)O)N(C)C2)nnc1-c1ccc(C(F)(F)F)cc1O. The zero-order valence-corrected chi connectivity index (χ0v) is 16.1. The summed E-state index contributed by atoms with van der Waals surface area (Å²) in [6, 6.07) is 4.12. The van der Waals surface area contributed by atoms with E-state index in [2.05, 4.69) is 10.2 Å². The molecule has 0 saturated carbocycles. The summed E-state index contributed by atoms with van der Waals surface area (Å²) in [5, 5.41) is 27.6. The second kappa shape index (κ2) is 7.98. The van der Waals surface area contributed by atoms with Crippen molar-refractivity contribution in [3.63, 3.8) is 0 Å². The van der Waals surface area contributed by atoms with Gasteiger partial charge in [0.05, 0.1) is 17.0 Å². The molecule has 156 valence electrons. The number of halogens is 3. The number of carbonyl (C=O) groups is 1. The molecule has 3 rings (SSSR count). The van der Waals surface area contributed by atoms with E-state index in [9.17, 15) is 28.2 Å². The molecule has 2 N–H and O–H groups in total. The zero-order chi connectivity index (χ0) is 21.3. The fourth-order valence-corrected chi connectivity index (χ4v) is 3.83. The fraction of sp³-hybridized carbons (Fsp3) is 0.450. The molecular formula is C20H22F3N3O3. The van der Waals surface area contributed by atoms with Crippen LogP contribution in [0.25, 0.3) is 11.3 Å². The first kappa shape index (κ1) is 21.0. The summed E-state index contributed by atoms with van der Waals surface area (Å²) in [6.45, 7) is 2.40. The van der Waals surface area contributed by atoms with E-state index in [1.165, 1.54) is 6.07 Å². The van der Waals surface area contributed by atoms with Crippen molar-refractivity contribution in [3.05, 3.63) is 41.1 Å². The van der Waals surface area contributed by atoms with Gasteiger partial charge in [-0.25, -0.2) is 0 Å². The second-order valence-electron chi connectivity index (χ2n) is 7.54. The standard InChI is InChI=1S/C20H22F3N3O3/c1-11-7-14(8-12-3-6-16(19(28)29)26(2)10-12)24-25-18(11)15-5-4-13(9-17(15)27)20(21,22)23/h4-5,7,9,12,16,27H,3,6,8,10H2,1-2H3,(H,28,29). The Morgan fingerprint density at radius 1 is 1.24 bits per heavy atom. The number of aromatic nitrogens is 2. The van der Waals surface area contributed by atoms with E-state index in [0.717, 1.165) is 18.2 Å². The summed E-state index contributed by atoms with van der Waals surface area (Å²) in [5.41, 5.74) is 1.01. The molecule has 6 nitrogen and oxygen atoms in total. The monoisotopic (exact) mass is 409 g/mol. The molecule has 2 unspecified atom stereocenters. The minimum atomic E-state index is -4.53. The predicted octanol–water partition coefficient (Wildman–Crippen LogP) is 3.51. The number of phenolic OH excluding ortho intramolecular Hbond substituents is 1. The molecule has 0 radical (unpaired) electrons. The maximum Gasteiger partial charge on any atom is 0.416 e. The minimum absolute atomic E-state index is 0.191. The van der Waals surface area contributed by atoms with Gasteiger partial charge >= 0.3 is 12.1 Å². The van der Waals surface area contributed by atoms with Gasteiger partial charge < -0.3 is 10.2 Å². The molecule has 0 amide bonds. The highest BCUT2D eigenvalue weighted by Gasteiger charge is 2.32. The molecular weight excluding hydrogens is 387 g/mol. The van der Waals surface area contributed by atoms with Crippen molar-refractivity contribution in [3.8, 4) is 17.0 Å². The Kier molecular flexibility index (Phi) is 5.79. The number of alkyl halides is 3. The first-order valence-corrected chi connectivity index (χ1v) is 9.23. The van der Waals surface area contributed by atoms with Crippen molar-refractivity contribution in [2.24, 2.45) is 5.92 Å². The van der Waals surface area contributed by atoms with E-state index >= 15 is 0 Å². The molecule has 1 saturated heterocycles. The van der Waals surface area contributed by atoms with Gasteiger partial charge in [0.1, 0.15) is 11.8 Å². The van der Waals surface area contributed by atoms with Crippen molar-refractivity contribution in [1.29, 1.82) is 0 Å². The van der Waals surface area contributed by atoms with E-state index in [0.29, 0.717) is 36.7 Å². The highest BCUT2D eigenvalue weighted by Crippen LogP contribution is 2.36. The quantitative estimate of drug-likeness (QED) is 0.804. The molecule has 2 heterocycles. The van der Waals surface area contributed by atoms with Crippen LogP contribution in [0, 0.1) is 12.8 Å². The molecule has 29 heavy (non-hydrogen) atoms. The van der Waals surface area contributed by atoms with Gasteiger partial charge in [-0.2, -0.15) is 18.3 Å². The van der Waals surface area contributed by atoms with Crippen molar-refractivity contribution in [1.82, 2.24) is 15.1 Å². The van der Waals surface area contributed by atoms with Crippen LogP contribution in [-0.2, 0) is 17.4 Å². The molecule has 0 spiro atoms. The number of rotatable bonds is 4. The second-order valence-corrected chi connectivity index (χ2v) is 7.54. The molecule has 0 aliphatic carbocycles. The summed E-state index contributed by atoms with van der Waals surface area (Å²) >= 11 is 0. The Morgan fingerprint density at radius 2 is 1.97 bits per heavy atom. The van der Waals surface area contributed by atoms with E-state index in [1.807, 2.05) is 11.0 Å². The molecule has 9 heteroatoms. The summed E-state index contributed by atoms with van der Waals surface area (Å²) < 4.78 is 38.3. The number of benzene rings is 1. The number of hydrogen-bond donors (Lipinski definition) is 2. The molecule has 1 aliphatic rings. The Balaban J connectivity index is 1.75. The molecule has 0 bridgehead atoms. The predicted molar refractivity (Wildman–Crippen MR) is 99.4 cm³/mol. The third-order valence-corrected chi connectivity index (χ3v) is 5.32. The summed E-state index contributed by atoms with van der Waals surface area (Å²) in [5.74, 6) is -1.07. The van der Waals surface area contributed by atoms with Gasteiger partial charge in [0.15, 0.2) is 0 Å². The largest absolute Gasteiger partial charge is 0.507 e. The van der Waals surface area contributed by atoms with E-state index in [1.54, 1.807) is 14.0 Å². The topological polar surface area (TPSA) is 86.5 Å². The number of likely N-dealkylation sites (tertiary alicyclic amines) is 1. The zero-order valence-electron chi connectivity index (χ0n) is 16.1. The first-order valence-electron chi connectivity index (χ1n) is 9.23. The van der Waals surface area contributed by atoms with Gasteiger partial charge in [0, 0.05) is 12.1 Å². The van der Waals surface area contributed by atoms with Crippen LogP contribution >= 0.6 is 0 Å². The maximum absolute atomic E-state index is 12.8. The van der Waals surface area contributed by atoms with Gasteiger partial charge in [-0.05, 0) is 69.0 Å². The Labute approximate surface area is 166 Å². The summed E-state index contributed by atoms with van der Waals surface area (Å²) in [4.78, 5) is 13.0. The fourth-order valence-electron chi connectivity index (χ4n) is 3.83. The number of likely N-dealkylation sites (N-methyl/N-ethyl adjacent to an activating group) is 1. The Morgan fingerprint density at radius 3 is 2.52 bits per heavy atom. The number of phenols is 1. The lowest BCUT2D eigenvalue weighted by atomic mass is 9.89.